The number of aromatic nitrogens is 2. The molecule has 0 saturated carbocycles. The van der Waals surface area contributed by atoms with Crippen LogP contribution >= 0.6 is 11.5 Å². The molecule has 3 N–H and O–H groups in total. The van der Waals surface area contributed by atoms with Gasteiger partial charge < -0.3 is 11.1 Å². The molecule has 1 aromatic heterocycles. The lowest BCUT2D eigenvalue weighted by Crippen LogP contribution is -2.12. The summed E-state index contributed by atoms with van der Waals surface area (Å²) in [6.07, 6.45) is 1.68. The van der Waals surface area contributed by atoms with E-state index in [1.807, 2.05) is 31.2 Å². The van der Waals surface area contributed by atoms with Crippen LogP contribution in [0, 0.1) is 11.8 Å². The summed E-state index contributed by atoms with van der Waals surface area (Å²) in [7, 11) is 0. The largest absolute Gasteiger partial charge is 0.321 e. The zero-order chi connectivity index (χ0) is 15.1. The Morgan fingerprint density at radius 2 is 2.33 bits per heavy atom. The van der Waals surface area contributed by atoms with Gasteiger partial charge in [0.1, 0.15) is 4.88 Å². The molecule has 1 heterocycles. The second-order valence-corrected chi connectivity index (χ2v) is 5.09. The minimum atomic E-state index is -0.183. The number of benzene rings is 1. The van der Waals surface area contributed by atoms with Crippen LogP contribution in [0.4, 0.5) is 5.69 Å². The van der Waals surface area contributed by atoms with E-state index in [9.17, 15) is 4.79 Å². The zero-order valence-corrected chi connectivity index (χ0v) is 12.5. The number of amides is 1. The number of hydrogen-bond acceptors (Lipinski definition) is 5. The minimum Gasteiger partial charge on any atom is -0.321 e. The number of nitrogens with zero attached hydrogens (tertiary/aromatic N) is 2. The maximum atomic E-state index is 12.3. The van der Waals surface area contributed by atoms with Gasteiger partial charge in [0.2, 0.25) is 0 Å². The highest BCUT2D eigenvalue weighted by Gasteiger charge is 2.15. The standard InChI is InChI=1S/C15H16N4OS/c1-2-5-13-14(21-19-18-13)15(20)17-12-8-3-6-11(10-12)7-4-9-16/h3,6,8,10H,2,5,9,16H2,1H3,(H,17,20). The van der Waals surface area contributed by atoms with E-state index >= 15 is 0 Å². The Morgan fingerprint density at radius 3 is 3.10 bits per heavy atom. The van der Waals surface area contributed by atoms with Crippen LogP contribution in [0.25, 0.3) is 0 Å². The number of rotatable bonds is 4. The highest BCUT2D eigenvalue weighted by Crippen LogP contribution is 2.16. The van der Waals surface area contributed by atoms with Crippen LogP contribution in [-0.4, -0.2) is 22.0 Å². The molecule has 5 nitrogen and oxygen atoms in total. The first-order valence-electron chi connectivity index (χ1n) is 6.66. The van der Waals surface area contributed by atoms with Crippen molar-refractivity contribution >= 4 is 23.1 Å². The molecule has 2 rings (SSSR count). The molecule has 2 aromatic rings. The lowest BCUT2D eigenvalue weighted by molar-refractivity contribution is 0.102. The van der Waals surface area contributed by atoms with Gasteiger partial charge in [0.15, 0.2) is 0 Å². The van der Waals surface area contributed by atoms with E-state index in [1.54, 1.807) is 0 Å². The molecular weight excluding hydrogens is 284 g/mol. The molecule has 0 fully saturated rings. The summed E-state index contributed by atoms with van der Waals surface area (Å²) in [5, 5.41) is 6.85. The Hall–Kier alpha value is -2.23. The summed E-state index contributed by atoms with van der Waals surface area (Å²) in [6, 6.07) is 7.34. The summed E-state index contributed by atoms with van der Waals surface area (Å²) in [6.45, 7) is 2.35. The second-order valence-electron chi connectivity index (χ2n) is 4.34. The van der Waals surface area contributed by atoms with Crippen molar-refractivity contribution in [3.63, 3.8) is 0 Å². The Balaban J connectivity index is 2.14. The van der Waals surface area contributed by atoms with Crippen LogP contribution in [0.2, 0.25) is 0 Å². The molecule has 0 spiro atoms. The molecular formula is C15H16N4OS. The summed E-state index contributed by atoms with van der Waals surface area (Å²) < 4.78 is 3.86. The minimum absolute atomic E-state index is 0.183. The molecule has 0 radical (unpaired) electrons. The van der Waals surface area contributed by atoms with Gasteiger partial charge in [-0.1, -0.05) is 35.7 Å². The number of aryl methyl sites for hydroxylation is 1. The van der Waals surface area contributed by atoms with E-state index in [0.717, 1.165) is 35.6 Å². The molecule has 0 aliphatic carbocycles. The van der Waals surface area contributed by atoms with Gasteiger partial charge in [-0.25, -0.2) is 0 Å². The molecule has 21 heavy (non-hydrogen) atoms. The van der Waals surface area contributed by atoms with E-state index in [-0.39, 0.29) is 5.91 Å². The monoisotopic (exact) mass is 300 g/mol. The van der Waals surface area contributed by atoms with Crippen molar-refractivity contribution < 1.29 is 4.79 Å². The lowest BCUT2D eigenvalue weighted by atomic mass is 10.2. The predicted octanol–water partition coefficient (Wildman–Crippen LogP) is 2.05. The van der Waals surface area contributed by atoms with Crippen LogP contribution in [-0.2, 0) is 6.42 Å². The number of nitrogens with one attached hydrogen (secondary N) is 1. The fraction of sp³-hybridized carbons (Fsp3) is 0.267. The van der Waals surface area contributed by atoms with Crippen molar-refractivity contribution in [2.45, 2.75) is 19.8 Å². The van der Waals surface area contributed by atoms with Gasteiger partial charge in [0.05, 0.1) is 12.2 Å². The molecule has 0 atom stereocenters. The first kappa shape index (κ1) is 15.2. The Morgan fingerprint density at radius 1 is 1.48 bits per heavy atom. The van der Waals surface area contributed by atoms with Gasteiger partial charge in [0, 0.05) is 11.3 Å². The quantitative estimate of drug-likeness (QED) is 0.847. The average molecular weight is 300 g/mol. The van der Waals surface area contributed by atoms with Crippen LogP contribution in [0.3, 0.4) is 0 Å². The summed E-state index contributed by atoms with van der Waals surface area (Å²) in [4.78, 5) is 12.8. The molecule has 1 amide bonds. The highest BCUT2D eigenvalue weighted by molar-refractivity contribution is 7.08. The van der Waals surface area contributed by atoms with E-state index in [2.05, 4.69) is 26.7 Å². The predicted molar refractivity (Wildman–Crippen MR) is 84.2 cm³/mol. The highest BCUT2D eigenvalue weighted by atomic mass is 32.1. The maximum Gasteiger partial charge on any atom is 0.269 e. The van der Waals surface area contributed by atoms with Crippen LogP contribution < -0.4 is 11.1 Å². The van der Waals surface area contributed by atoms with Gasteiger partial charge >= 0.3 is 0 Å². The van der Waals surface area contributed by atoms with E-state index in [0.29, 0.717) is 17.1 Å². The normalized spacial score (nSPS) is 9.81. The van der Waals surface area contributed by atoms with Gasteiger partial charge in [-0.15, -0.1) is 5.10 Å². The Labute approximate surface area is 127 Å². The average Bonchev–Trinajstić information content (AvgIpc) is 2.94. The van der Waals surface area contributed by atoms with Crippen molar-refractivity contribution in [2.24, 2.45) is 5.73 Å². The van der Waals surface area contributed by atoms with E-state index in [1.165, 1.54) is 0 Å². The van der Waals surface area contributed by atoms with Gasteiger partial charge in [-0.05, 0) is 36.2 Å². The van der Waals surface area contributed by atoms with Gasteiger partial charge in [-0.2, -0.15) is 0 Å². The number of anilines is 1. The first-order valence-corrected chi connectivity index (χ1v) is 7.43. The summed E-state index contributed by atoms with van der Waals surface area (Å²) in [5.41, 5.74) is 7.61. The van der Waals surface area contributed by atoms with Crippen molar-refractivity contribution in [1.29, 1.82) is 0 Å². The van der Waals surface area contributed by atoms with E-state index in [4.69, 9.17) is 5.73 Å². The van der Waals surface area contributed by atoms with Crippen molar-refractivity contribution in [1.82, 2.24) is 9.59 Å². The fourth-order valence-corrected chi connectivity index (χ4v) is 2.40. The van der Waals surface area contributed by atoms with Gasteiger partial charge in [-0.3, -0.25) is 4.79 Å². The topological polar surface area (TPSA) is 80.9 Å². The number of hydrogen-bond donors (Lipinski definition) is 2. The molecule has 0 aliphatic rings. The third kappa shape index (κ3) is 4.12. The number of nitrogens with two attached hydrogens (primary N) is 1. The Kier molecular flexibility index (Phi) is 5.43. The molecule has 6 heteroatoms. The van der Waals surface area contributed by atoms with Crippen molar-refractivity contribution in [3.8, 4) is 11.8 Å². The van der Waals surface area contributed by atoms with Crippen molar-refractivity contribution in [2.75, 3.05) is 11.9 Å². The van der Waals surface area contributed by atoms with Crippen LogP contribution in [0.5, 0.6) is 0 Å². The second kappa shape index (κ2) is 7.53. The SMILES string of the molecule is CCCc1nnsc1C(=O)Nc1cccc(C#CCN)c1. The molecule has 1 aromatic carbocycles. The van der Waals surface area contributed by atoms with Crippen molar-refractivity contribution in [3.05, 3.63) is 40.4 Å². The van der Waals surface area contributed by atoms with Crippen LogP contribution in [0.15, 0.2) is 24.3 Å². The maximum absolute atomic E-state index is 12.3. The molecule has 0 unspecified atom stereocenters. The summed E-state index contributed by atoms with van der Waals surface area (Å²) >= 11 is 1.12. The summed E-state index contributed by atoms with van der Waals surface area (Å²) in [5.74, 6) is 5.54. The Bertz CT molecular complexity index is 684. The molecule has 108 valence electrons. The fourth-order valence-electron chi connectivity index (χ4n) is 1.80. The van der Waals surface area contributed by atoms with Gasteiger partial charge in [0.25, 0.3) is 5.91 Å². The smallest absolute Gasteiger partial charge is 0.269 e. The third-order valence-electron chi connectivity index (χ3n) is 2.70. The van der Waals surface area contributed by atoms with Crippen LogP contribution in [0.1, 0.15) is 34.3 Å². The molecule has 0 bridgehead atoms. The third-order valence-corrected chi connectivity index (χ3v) is 3.47. The lowest BCUT2D eigenvalue weighted by Gasteiger charge is -2.04. The number of carbonyl (C=O) groups is 1. The number of carbonyl (C=O) groups excluding carboxylic acids is 1. The van der Waals surface area contributed by atoms with E-state index < -0.39 is 0 Å². The first-order chi connectivity index (χ1) is 10.2. The zero-order valence-electron chi connectivity index (χ0n) is 11.7. The molecule has 0 saturated heterocycles. The molecule has 0 aliphatic heterocycles.